The van der Waals surface area contributed by atoms with Gasteiger partial charge in [-0.15, -0.1) is 0 Å². The van der Waals surface area contributed by atoms with Gasteiger partial charge >= 0.3 is 0 Å². The van der Waals surface area contributed by atoms with E-state index in [1.54, 1.807) is 0 Å². The van der Waals surface area contributed by atoms with Crippen LogP contribution in [0.15, 0.2) is 23.4 Å². The topological polar surface area (TPSA) is 76.3 Å². The molecule has 2 rings (SSSR count). The molecule has 21 heavy (non-hydrogen) atoms. The second kappa shape index (κ2) is 6.81. The van der Waals surface area contributed by atoms with Crippen molar-refractivity contribution in [1.29, 1.82) is 0 Å². The van der Waals surface area contributed by atoms with Crippen LogP contribution in [-0.2, 0) is 10.0 Å². The van der Waals surface area contributed by atoms with E-state index in [9.17, 15) is 12.8 Å². The molecule has 0 spiro atoms. The van der Waals surface area contributed by atoms with Gasteiger partial charge in [0.25, 0.3) is 0 Å². The maximum absolute atomic E-state index is 13.3. The van der Waals surface area contributed by atoms with E-state index in [-0.39, 0.29) is 17.0 Å². The van der Waals surface area contributed by atoms with Crippen molar-refractivity contribution in [2.75, 3.05) is 6.54 Å². The third-order valence-corrected chi connectivity index (χ3v) is 5.80. The van der Waals surface area contributed by atoms with Crippen molar-refractivity contribution in [2.45, 2.75) is 56.0 Å². The van der Waals surface area contributed by atoms with Crippen LogP contribution in [0.25, 0.3) is 0 Å². The summed E-state index contributed by atoms with van der Waals surface area (Å²) in [4.78, 5) is 3.57. The molecule has 1 aromatic rings. The van der Waals surface area contributed by atoms with E-state index < -0.39 is 15.8 Å². The van der Waals surface area contributed by atoms with Crippen molar-refractivity contribution >= 4 is 10.0 Å². The summed E-state index contributed by atoms with van der Waals surface area (Å²) in [6.45, 7) is 2.36. The number of hydrogen-bond acceptors (Lipinski definition) is 4. The molecule has 1 heterocycles. The number of hydrogen-bond donors (Lipinski definition) is 1. The number of halogens is 1. The highest BCUT2D eigenvalue weighted by Gasteiger charge is 2.33. The molecule has 1 aromatic heterocycles. The number of pyridine rings is 1. The highest BCUT2D eigenvalue weighted by molar-refractivity contribution is 7.89. The maximum Gasteiger partial charge on any atom is 0.244 e. The predicted molar refractivity (Wildman–Crippen MR) is 78.6 cm³/mol. The Kier molecular flexibility index (Phi) is 5.29. The summed E-state index contributed by atoms with van der Waals surface area (Å²) in [5, 5.41) is 0. The van der Waals surface area contributed by atoms with Crippen LogP contribution in [0.4, 0.5) is 4.39 Å². The fourth-order valence-electron chi connectivity index (χ4n) is 2.78. The first-order valence-corrected chi connectivity index (χ1v) is 8.77. The zero-order valence-corrected chi connectivity index (χ0v) is 13.0. The minimum Gasteiger partial charge on any atom is -0.328 e. The summed E-state index contributed by atoms with van der Waals surface area (Å²) in [7, 11) is -3.71. The van der Waals surface area contributed by atoms with Gasteiger partial charge in [-0.3, -0.25) is 4.98 Å². The van der Waals surface area contributed by atoms with Crippen LogP contribution in [-0.4, -0.2) is 36.3 Å². The molecule has 0 atom stereocenters. The summed E-state index contributed by atoms with van der Waals surface area (Å²) >= 11 is 0. The molecule has 7 heteroatoms. The van der Waals surface area contributed by atoms with Crippen LogP contribution in [0, 0.1) is 5.82 Å². The van der Waals surface area contributed by atoms with Gasteiger partial charge in [-0.25, -0.2) is 12.8 Å². The summed E-state index contributed by atoms with van der Waals surface area (Å²) in [6, 6.07) is 1.13. The van der Waals surface area contributed by atoms with E-state index in [4.69, 9.17) is 5.73 Å². The lowest BCUT2D eigenvalue weighted by molar-refractivity contribution is 0.240. The van der Waals surface area contributed by atoms with Crippen molar-refractivity contribution in [2.24, 2.45) is 5.73 Å². The number of aromatic nitrogens is 1. The lowest BCUT2D eigenvalue weighted by atomic mass is 9.92. The molecular formula is C14H22FN3O2S. The summed E-state index contributed by atoms with van der Waals surface area (Å²) in [5.41, 5.74) is 5.88. The Balaban J connectivity index is 2.28. The third-order valence-electron chi connectivity index (χ3n) is 3.88. The second-order valence-electron chi connectivity index (χ2n) is 5.52. The van der Waals surface area contributed by atoms with Gasteiger partial charge in [0.15, 0.2) is 0 Å². The molecule has 0 radical (unpaired) electrons. The zero-order valence-electron chi connectivity index (χ0n) is 12.2. The van der Waals surface area contributed by atoms with Crippen LogP contribution >= 0.6 is 0 Å². The number of rotatable bonds is 5. The van der Waals surface area contributed by atoms with Gasteiger partial charge < -0.3 is 5.73 Å². The second-order valence-corrected chi connectivity index (χ2v) is 7.41. The van der Waals surface area contributed by atoms with Gasteiger partial charge in [-0.05, 0) is 38.2 Å². The van der Waals surface area contributed by atoms with E-state index in [0.717, 1.165) is 37.9 Å². The fraction of sp³-hybridized carbons (Fsp3) is 0.643. The largest absolute Gasteiger partial charge is 0.328 e. The Hall–Kier alpha value is -1.05. The van der Waals surface area contributed by atoms with E-state index in [0.29, 0.717) is 13.0 Å². The average molecular weight is 315 g/mol. The summed E-state index contributed by atoms with van der Waals surface area (Å²) in [6.07, 6.45) is 6.07. The van der Waals surface area contributed by atoms with Gasteiger partial charge in [0.1, 0.15) is 10.7 Å². The van der Waals surface area contributed by atoms with Crippen molar-refractivity contribution in [3.05, 3.63) is 24.3 Å². The molecule has 0 amide bonds. The van der Waals surface area contributed by atoms with Crippen molar-refractivity contribution in [3.8, 4) is 0 Å². The first-order valence-electron chi connectivity index (χ1n) is 7.33. The van der Waals surface area contributed by atoms with E-state index in [1.807, 2.05) is 6.92 Å². The first-order chi connectivity index (χ1) is 9.95. The Morgan fingerprint density at radius 1 is 1.33 bits per heavy atom. The molecule has 1 fully saturated rings. The number of sulfonamides is 1. The zero-order chi connectivity index (χ0) is 15.5. The molecule has 5 nitrogen and oxygen atoms in total. The van der Waals surface area contributed by atoms with Gasteiger partial charge in [-0.1, -0.05) is 6.92 Å². The Morgan fingerprint density at radius 3 is 2.57 bits per heavy atom. The lowest BCUT2D eigenvalue weighted by Gasteiger charge is -2.35. The van der Waals surface area contributed by atoms with E-state index >= 15 is 0 Å². The molecule has 0 bridgehead atoms. The Labute approximate surface area is 125 Å². The summed E-state index contributed by atoms with van der Waals surface area (Å²) in [5.74, 6) is -0.641. The van der Waals surface area contributed by atoms with E-state index in [2.05, 4.69) is 4.98 Å². The van der Waals surface area contributed by atoms with Crippen LogP contribution in [0.2, 0.25) is 0 Å². The van der Waals surface area contributed by atoms with Crippen molar-refractivity contribution in [3.63, 3.8) is 0 Å². The standard InChI is InChI=1S/C14H22FN3O2S/c1-2-7-18(13-5-3-12(16)4-6-13)21(19,20)14-8-11(15)9-17-10-14/h8-10,12-13H,2-7,16H2,1H3. The number of nitrogens with two attached hydrogens (primary N) is 1. The van der Waals surface area contributed by atoms with Crippen molar-refractivity contribution < 1.29 is 12.8 Å². The number of nitrogens with zero attached hydrogens (tertiary/aromatic N) is 2. The first kappa shape index (κ1) is 16.3. The quantitative estimate of drug-likeness (QED) is 0.900. The minimum absolute atomic E-state index is 0.0574. The molecule has 0 aromatic carbocycles. The van der Waals surface area contributed by atoms with E-state index in [1.165, 1.54) is 10.5 Å². The van der Waals surface area contributed by atoms with Gasteiger partial charge in [0, 0.05) is 24.8 Å². The molecular weight excluding hydrogens is 293 g/mol. The normalized spacial score (nSPS) is 23.4. The molecule has 0 saturated heterocycles. The average Bonchev–Trinajstić information content (AvgIpc) is 2.46. The molecule has 118 valence electrons. The van der Waals surface area contributed by atoms with Crippen LogP contribution in [0.3, 0.4) is 0 Å². The third kappa shape index (κ3) is 3.78. The smallest absolute Gasteiger partial charge is 0.244 e. The monoisotopic (exact) mass is 315 g/mol. The maximum atomic E-state index is 13.3. The Bertz CT molecular complexity index is 571. The highest BCUT2D eigenvalue weighted by Crippen LogP contribution is 2.27. The molecule has 0 aliphatic heterocycles. The highest BCUT2D eigenvalue weighted by atomic mass is 32.2. The Morgan fingerprint density at radius 2 is 2.00 bits per heavy atom. The molecule has 1 saturated carbocycles. The van der Waals surface area contributed by atoms with Gasteiger partial charge in [-0.2, -0.15) is 4.31 Å². The lowest BCUT2D eigenvalue weighted by Crippen LogP contribution is -2.44. The van der Waals surface area contributed by atoms with Crippen LogP contribution in [0.5, 0.6) is 0 Å². The van der Waals surface area contributed by atoms with Crippen LogP contribution in [0.1, 0.15) is 39.0 Å². The summed E-state index contributed by atoms with van der Waals surface area (Å²) < 4.78 is 40.3. The van der Waals surface area contributed by atoms with Crippen molar-refractivity contribution in [1.82, 2.24) is 9.29 Å². The van der Waals surface area contributed by atoms with Crippen LogP contribution < -0.4 is 5.73 Å². The molecule has 1 aliphatic carbocycles. The van der Waals surface area contributed by atoms with Gasteiger partial charge in [0.2, 0.25) is 10.0 Å². The minimum atomic E-state index is -3.71. The SMILES string of the molecule is CCCN(C1CCC(N)CC1)S(=O)(=O)c1cncc(F)c1. The predicted octanol–water partition coefficient (Wildman–Crippen LogP) is 1.89. The fourth-order valence-corrected chi connectivity index (χ4v) is 4.53. The molecule has 2 N–H and O–H groups in total. The molecule has 1 aliphatic rings. The molecule has 0 unspecified atom stereocenters. The van der Waals surface area contributed by atoms with Gasteiger partial charge in [0.05, 0.1) is 6.20 Å².